The van der Waals surface area contributed by atoms with Crippen LogP contribution in [0, 0.1) is 0 Å². The summed E-state index contributed by atoms with van der Waals surface area (Å²) in [7, 11) is 0. The van der Waals surface area contributed by atoms with E-state index in [1.807, 2.05) is 11.1 Å². The van der Waals surface area contributed by atoms with E-state index >= 15 is 0 Å². The second kappa shape index (κ2) is 7.16. The van der Waals surface area contributed by atoms with Gasteiger partial charge in [-0.1, -0.05) is 18.2 Å². The number of thiazole rings is 1. The maximum absolute atomic E-state index is 12.2. The van der Waals surface area contributed by atoms with Gasteiger partial charge in [0.15, 0.2) is 5.13 Å². The summed E-state index contributed by atoms with van der Waals surface area (Å²) in [4.78, 5) is 23.8. The highest BCUT2D eigenvalue weighted by Crippen LogP contribution is 2.47. The Labute approximate surface area is 171 Å². The van der Waals surface area contributed by atoms with Gasteiger partial charge in [-0.15, -0.1) is 11.3 Å². The standard InChI is InChI=1S/C22H28N4OS/c1-17(27)26-16-22(19-4-2-3-5-20(19)26)8-13-24(14-9-22)18-6-11-25(12-7-18)21-23-10-15-28-21/h2-5,10,15,18H,6-9,11-14,16H2,1H3. The Bertz CT molecular complexity index is 836. The third kappa shape index (κ3) is 3.03. The molecule has 4 heterocycles. The van der Waals surface area contributed by atoms with E-state index in [1.165, 1.54) is 23.5 Å². The topological polar surface area (TPSA) is 39.7 Å². The number of carbonyl (C=O) groups is 1. The van der Waals surface area contributed by atoms with Crippen molar-refractivity contribution in [3.63, 3.8) is 0 Å². The monoisotopic (exact) mass is 396 g/mol. The van der Waals surface area contributed by atoms with Gasteiger partial charge in [-0.3, -0.25) is 4.79 Å². The van der Waals surface area contributed by atoms with Crippen molar-refractivity contribution in [3.8, 4) is 0 Å². The fraction of sp³-hybridized carbons (Fsp3) is 0.545. The molecule has 0 bridgehead atoms. The van der Waals surface area contributed by atoms with E-state index in [4.69, 9.17) is 0 Å². The first-order valence-electron chi connectivity index (χ1n) is 10.4. The van der Waals surface area contributed by atoms with Crippen molar-refractivity contribution in [1.82, 2.24) is 9.88 Å². The van der Waals surface area contributed by atoms with Crippen LogP contribution < -0.4 is 9.80 Å². The van der Waals surface area contributed by atoms with E-state index in [-0.39, 0.29) is 11.3 Å². The third-order valence-corrected chi connectivity index (χ3v) is 7.87. The van der Waals surface area contributed by atoms with E-state index < -0.39 is 0 Å². The lowest BCUT2D eigenvalue weighted by atomic mass is 9.74. The highest BCUT2D eigenvalue weighted by molar-refractivity contribution is 7.13. The van der Waals surface area contributed by atoms with Gasteiger partial charge in [-0.05, 0) is 50.4 Å². The summed E-state index contributed by atoms with van der Waals surface area (Å²) in [6, 6.07) is 9.24. The number of hydrogen-bond donors (Lipinski definition) is 0. The van der Waals surface area contributed by atoms with Gasteiger partial charge in [0.1, 0.15) is 0 Å². The van der Waals surface area contributed by atoms with Crippen molar-refractivity contribution in [1.29, 1.82) is 0 Å². The molecule has 0 N–H and O–H groups in total. The van der Waals surface area contributed by atoms with Crippen molar-refractivity contribution in [2.24, 2.45) is 0 Å². The molecule has 148 valence electrons. The number of aromatic nitrogens is 1. The number of anilines is 2. The van der Waals surface area contributed by atoms with Crippen LogP contribution in [0.2, 0.25) is 0 Å². The van der Waals surface area contributed by atoms with Crippen LogP contribution in [0.1, 0.15) is 38.2 Å². The first-order valence-corrected chi connectivity index (χ1v) is 11.3. The molecule has 1 aromatic carbocycles. The molecule has 3 aliphatic rings. The number of likely N-dealkylation sites (tertiary alicyclic amines) is 1. The van der Waals surface area contributed by atoms with Gasteiger partial charge < -0.3 is 14.7 Å². The second-order valence-corrected chi connectivity index (χ2v) is 9.34. The zero-order valence-corrected chi connectivity index (χ0v) is 17.3. The molecule has 5 rings (SSSR count). The predicted octanol–water partition coefficient (Wildman–Crippen LogP) is 3.51. The summed E-state index contributed by atoms with van der Waals surface area (Å²) >= 11 is 1.74. The van der Waals surface area contributed by atoms with Gasteiger partial charge in [-0.2, -0.15) is 0 Å². The second-order valence-electron chi connectivity index (χ2n) is 8.47. The molecule has 2 aromatic rings. The van der Waals surface area contributed by atoms with E-state index in [0.717, 1.165) is 51.3 Å². The van der Waals surface area contributed by atoms with Crippen molar-refractivity contribution < 1.29 is 4.79 Å². The van der Waals surface area contributed by atoms with Crippen LogP contribution in [0.5, 0.6) is 0 Å². The number of hydrogen-bond acceptors (Lipinski definition) is 5. The maximum atomic E-state index is 12.2. The van der Waals surface area contributed by atoms with Gasteiger partial charge >= 0.3 is 0 Å². The predicted molar refractivity (Wildman–Crippen MR) is 114 cm³/mol. The number of benzene rings is 1. The van der Waals surface area contributed by atoms with Crippen molar-refractivity contribution in [3.05, 3.63) is 41.4 Å². The Hall–Kier alpha value is -1.92. The highest BCUT2D eigenvalue weighted by atomic mass is 32.1. The average molecular weight is 397 g/mol. The molecular formula is C22H28N4OS. The molecule has 5 nitrogen and oxygen atoms in total. The van der Waals surface area contributed by atoms with Crippen molar-refractivity contribution in [2.75, 3.05) is 42.5 Å². The van der Waals surface area contributed by atoms with Gasteiger partial charge in [0.2, 0.25) is 5.91 Å². The van der Waals surface area contributed by atoms with Crippen LogP contribution in [0.3, 0.4) is 0 Å². The molecule has 2 fully saturated rings. The molecule has 0 radical (unpaired) electrons. The largest absolute Gasteiger partial charge is 0.348 e. The zero-order chi connectivity index (χ0) is 19.1. The molecule has 3 aliphatic heterocycles. The molecule has 0 unspecified atom stereocenters. The van der Waals surface area contributed by atoms with E-state index in [9.17, 15) is 4.79 Å². The minimum Gasteiger partial charge on any atom is -0.348 e. The SMILES string of the molecule is CC(=O)N1CC2(CCN(C3CCN(c4nccs4)CC3)CC2)c2ccccc21. The van der Waals surface area contributed by atoms with E-state index in [2.05, 4.69) is 44.4 Å². The molecular weight excluding hydrogens is 368 g/mol. The molecule has 28 heavy (non-hydrogen) atoms. The first kappa shape index (κ1) is 18.1. The smallest absolute Gasteiger partial charge is 0.223 e. The Morgan fingerprint density at radius 1 is 1.14 bits per heavy atom. The van der Waals surface area contributed by atoms with Crippen molar-refractivity contribution in [2.45, 2.75) is 44.1 Å². The summed E-state index contributed by atoms with van der Waals surface area (Å²) in [5, 5.41) is 3.23. The van der Waals surface area contributed by atoms with Crippen LogP contribution in [0.4, 0.5) is 10.8 Å². The first-order chi connectivity index (χ1) is 13.7. The lowest BCUT2D eigenvalue weighted by molar-refractivity contribution is -0.116. The number of para-hydroxylation sites is 1. The number of carbonyl (C=O) groups excluding carboxylic acids is 1. The normalized spacial score (nSPS) is 22.6. The Morgan fingerprint density at radius 2 is 1.89 bits per heavy atom. The molecule has 1 amide bonds. The number of rotatable bonds is 2. The molecule has 0 aliphatic carbocycles. The fourth-order valence-corrected chi connectivity index (χ4v) is 6.15. The van der Waals surface area contributed by atoms with Gasteiger partial charge in [0, 0.05) is 55.3 Å². The number of amides is 1. The van der Waals surface area contributed by atoms with Crippen molar-refractivity contribution >= 4 is 28.1 Å². The molecule has 1 aromatic heterocycles. The third-order valence-electron chi connectivity index (χ3n) is 7.03. The zero-order valence-electron chi connectivity index (χ0n) is 16.5. The lowest BCUT2D eigenvalue weighted by Crippen LogP contribution is -2.51. The minimum atomic E-state index is 0.153. The Kier molecular flexibility index (Phi) is 4.63. The number of fused-ring (bicyclic) bond motifs is 2. The number of piperidine rings is 2. The lowest BCUT2D eigenvalue weighted by Gasteiger charge is -2.45. The molecule has 6 heteroatoms. The molecule has 2 saturated heterocycles. The summed E-state index contributed by atoms with van der Waals surface area (Å²) < 4.78 is 0. The summed E-state index contributed by atoms with van der Waals surface area (Å²) in [6.07, 6.45) is 6.66. The van der Waals surface area contributed by atoms with Gasteiger partial charge in [0.05, 0.1) is 0 Å². The quantitative estimate of drug-likeness (QED) is 0.779. The van der Waals surface area contributed by atoms with E-state index in [1.54, 1.807) is 18.3 Å². The van der Waals surface area contributed by atoms with Gasteiger partial charge in [-0.25, -0.2) is 4.98 Å². The highest BCUT2D eigenvalue weighted by Gasteiger charge is 2.46. The number of nitrogens with zero attached hydrogens (tertiary/aromatic N) is 4. The van der Waals surface area contributed by atoms with Gasteiger partial charge in [0.25, 0.3) is 0 Å². The Balaban J connectivity index is 1.24. The van der Waals surface area contributed by atoms with Crippen LogP contribution >= 0.6 is 11.3 Å². The summed E-state index contributed by atoms with van der Waals surface area (Å²) in [6.45, 7) is 7.06. The van der Waals surface area contributed by atoms with E-state index in [0.29, 0.717) is 6.04 Å². The maximum Gasteiger partial charge on any atom is 0.223 e. The molecule has 0 saturated carbocycles. The summed E-state index contributed by atoms with van der Waals surface area (Å²) in [5.74, 6) is 0.168. The van der Waals surface area contributed by atoms with Crippen LogP contribution in [-0.2, 0) is 10.2 Å². The Morgan fingerprint density at radius 3 is 2.57 bits per heavy atom. The van der Waals surface area contributed by atoms with Crippen LogP contribution in [0.15, 0.2) is 35.8 Å². The molecule has 0 atom stereocenters. The average Bonchev–Trinajstić information content (AvgIpc) is 3.37. The summed E-state index contributed by atoms with van der Waals surface area (Å²) in [5.41, 5.74) is 2.68. The molecule has 1 spiro atoms. The minimum absolute atomic E-state index is 0.153. The van der Waals surface area contributed by atoms with Crippen LogP contribution in [-0.4, -0.2) is 54.6 Å². The van der Waals surface area contributed by atoms with Crippen LogP contribution in [0.25, 0.3) is 0 Å². The fourth-order valence-electron chi connectivity index (χ4n) is 5.45.